The molecule has 6 nitrogen and oxygen atoms in total. The van der Waals surface area contributed by atoms with Crippen LogP contribution in [0.1, 0.15) is 0 Å². The quantitative estimate of drug-likeness (QED) is 0.844. The van der Waals surface area contributed by atoms with Crippen LogP contribution in [0.5, 0.6) is 5.75 Å². The minimum Gasteiger partial charge on any atom is -0.480 e. The summed E-state index contributed by atoms with van der Waals surface area (Å²) >= 11 is 0. The van der Waals surface area contributed by atoms with Crippen molar-refractivity contribution in [3.8, 4) is 5.75 Å². The van der Waals surface area contributed by atoms with Crippen LogP contribution in [-0.4, -0.2) is 32.4 Å². The first-order valence-corrected chi connectivity index (χ1v) is 6.16. The summed E-state index contributed by atoms with van der Waals surface area (Å²) in [6, 6.07) is 3.60. The third kappa shape index (κ3) is 5.14. The number of carbonyl (C=O) groups is 1. The molecule has 0 aliphatic rings. The second kappa shape index (κ2) is 5.45. The average Bonchev–Trinajstić information content (AvgIpc) is 2.24. The fourth-order valence-corrected chi connectivity index (χ4v) is 2.09. The van der Waals surface area contributed by atoms with Crippen LogP contribution < -0.4 is 9.46 Å². The number of carboxylic acid groups (broad SMARTS) is 1. The Kier molecular flexibility index (Phi) is 4.37. The van der Waals surface area contributed by atoms with Crippen LogP contribution in [0.3, 0.4) is 0 Å². The Morgan fingerprint density at radius 1 is 1.37 bits per heavy atom. The maximum Gasteiger partial charge on any atom is 0.573 e. The van der Waals surface area contributed by atoms with E-state index >= 15 is 0 Å². The summed E-state index contributed by atoms with van der Waals surface area (Å²) in [5.41, 5.74) is 0. The summed E-state index contributed by atoms with van der Waals surface area (Å²) < 4.78 is 64.2. The second-order valence-corrected chi connectivity index (χ2v) is 5.01. The number of carboxylic acids is 1. The number of alkyl halides is 3. The Morgan fingerprint density at radius 2 is 2.00 bits per heavy atom. The zero-order valence-corrected chi connectivity index (χ0v) is 9.96. The topological polar surface area (TPSA) is 92.7 Å². The third-order valence-corrected chi connectivity index (χ3v) is 3.16. The maximum atomic E-state index is 12.0. The summed E-state index contributed by atoms with van der Waals surface area (Å²) in [7, 11) is -4.21. The van der Waals surface area contributed by atoms with E-state index in [2.05, 4.69) is 4.74 Å². The molecule has 0 amide bonds. The molecule has 106 valence electrons. The number of hydrogen-bond donors (Lipinski definition) is 2. The summed E-state index contributed by atoms with van der Waals surface area (Å²) in [6.45, 7) is -0.882. The number of sulfonamides is 1. The van der Waals surface area contributed by atoms with Crippen LogP contribution in [0.2, 0.25) is 0 Å². The zero-order chi connectivity index (χ0) is 14.7. The SMILES string of the molecule is O=C(O)CNS(=O)(=O)c1cccc(OC(F)(F)F)c1. The molecule has 1 aromatic carbocycles. The zero-order valence-electron chi connectivity index (χ0n) is 9.14. The van der Waals surface area contributed by atoms with E-state index in [1.54, 1.807) is 4.72 Å². The highest BCUT2D eigenvalue weighted by Gasteiger charge is 2.31. The van der Waals surface area contributed by atoms with Gasteiger partial charge >= 0.3 is 12.3 Å². The number of hydrogen-bond acceptors (Lipinski definition) is 4. The first kappa shape index (κ1) is 15.2. The van der Waals surface area contributed by atoms with Crippen LogP contribution in [0.4, 0.5) is 13.2 Å². The lowest BCUT2D eigenvalue weighted by Crippen LogP contribution is -2.29. The van der Waals surface area contributed by atoms with Gasteiger partial charge in [0.25, 0.3) is 0 Å². The van der Waals surface area contributed by atoms with Crippen molar-refractivity contribution < 1.29 is 36.2 Å². The van der Waals surface area contributed by atoms with Gasteiger partial charge in [0.05, 0.1) is 4.90 Å². The number of nitrogens with one attached hydrogen (secondary N) is 1. The molecular weight excluding hydrogens is 291 g/mol. The molecule has 0 aliphatic carbocycles. The first-order valence-electron chi connectivity index (χ1n) is 4.67. The molecule has 0 radical (unpaired) electrons. The molecule has 0 atom stereocenters. The van der Waals surface area contributed by atoms with Crippen molar-refractivity contribution in [3.63, 3.8) is 0 Å². The van der Waals surface area contributed by atoms with Crippen LogP contribution >= 0.6 is 0 Å². The van der Waals surface area contributed by atoms with Crippen molar-refractivity contribution in [2.75, 3.05) is 6.54 Å². The molecule has 0 bridgehead atoms. The van der Waals surface area contributed by atoms with Gasteiger partial charge in [-0.1, -0.05) is 6.07 Å². The van der Waals surface area contributed by atoms with E-state index in [0.29, 0.717) is 6.07 Å². The van der Waals surface area contributed by atoms with E-state index in [1.807, 2.05) is 0 Å². The van der Waals surface area contributed by atoms with Gasteiger partial charge in [0, 0.05) is 6.07 Å². The molecular formula is C9H8F3NO5S. The van der Waals surface area contributed by atoms with Crippen molar-refractivity contribution in [3.05, 3.63) is 24.3 Å². The average molecular weight is 299 g/mol. The van der Waals surface area contributed by atoms with Gasteiger partial charge in [-0.2, -0.15) is 4.72 Å². The van der Waals surface area contributed by atoms with Crippen molar-refractivity contribution in [2.45, 2.75) is 11.3 Å². The summed E-state index contributed by atoms with van der Waals surface area (Å²) in [6.07, 6.45) is -4.95. The number of rotatable bonds is 5. The lowest BCUT2D eigenvalue weighted by atomic mass is 10.3. The Labute approximate surface area is 105 Å². The molecule has 0 heterocycles. The van der Waals surface area contributed by atoms with Gasteiger partial charge in [0.15, 0.2) is 0 Å². The molecule has 1 rings (SSSR count). The summed E-state index contributed by atoms with van der Waals surface area (Å²) in [5.74, 6) is -2.14. The van der Waals surface area contributed by atoms with Gasteiger partial charge in [0.1, 0.15) is 12.3 Å². The first-order chi connectivity index (χ1) is 8.60. The van der Waals surface area contributed by atoms with Crippen LogP contribution in [0.15, 0.2) is 29.2 Å². The molecule has 2 N–H and O–H groups in total. The normalized spacial score (nSPS) is 12.2. The highest BCUT2D eigenvalue weighted by atomic mass is 32.2. The standard InChI is InChI=1S/C9H8F3NO5S/c10-9(11,12)18-6-2-1-3-7(4-6)19(16,17)13-5-8(14)15/h1-4,13H,5H2,(H,14,15). The van der Waals surface area contributed by atoms with Gasteiger partial charge in [-0.25, -0.2) is 8.42 Å². The van der Waals surface area contributed by atoms with Gasteiger partial charge in [0.2, 0.25) is 10.0 Å². The van der Waals surface area contributed by atoms with Gasteiger partial charge < -0.3 is 9.84 Å². The predicted molar refractivity (Wildman–Crippen MR) is 55.9 cm³/mol. The largest absolute Gasteiger partial charge is 0.573 e. The lowest BCUT2D eigenvalue weighted by molar-refractivity contribution is -0.274. The fraction of sp³-hybridized carbons (Fsp3) is 0.222. The molecule has 0 saturated heterocycles. The van der Waals surface area contributed by atoms with Gasteiger partial charge in [-0.05, 0) is 12.1 Å². The molecule has 10 heteroatoms. The van der Waals surface area contributed by atoms with E-state index < -0.39 is 39.5 Å². The molecule has 0 saturated carbocycles. The van der Waals surface area contributed by atoms with Gasteiger partial charge in [-0.15, -0.1) is 13.2 Å². The highest BCUT2D eigenvalue weighted by Crippen LogP contribution is 2.24. The van der Waals surface area contributed by atoms with E-state index in [1.165, 1.54) is 0 Å². The maximum absolute atomic E-state index is 12.0. The number of benzene rings is 1. The van der Waals surface area contributed by atoms with Crippen LogP contribution in [-0.2, 0) is 14.8 Å². The van der Waals surface area contributed by atoms with E-state index in [4.69, 9.17) is 5.11 Å². The molecule has 0 fully saturated rings. The molecule has 0 aromatic heterocycles. The minimum absolute atomic E-state index is 0.532. The number of aliphatic carboxylic acids is 1. The molecule has 19 heavy (non-hydrogen) atoms. The summed E-state index contributed by atoms with van der Waals surface area (Å²) in [4.78, 5) is 9.70. The minimum atomic E-state index is -4.95. The number of halogens is 3. The van der Waals surface area contributed by atoms with Crippen molar-refractivity contribution in [2.24, 2.45) is 0 Å². The Bertz CT molecular complexity index is 569. The molecule has 0 aliphatic heterocycles. The summed E-state index contributed by atoms with van der Waals surface area (Å²) in [5, 5.41) is 8.33. The molecule has 0 unspecified atom stereocenters. The van der Waals surface area contributed by atoms with E-state index in [-0.39, 0.29) is 0 Å². The van der Waals surface area contributed by atoms with Crippen LogP contribution in [0.25, 0.3) is 0 Å². The lowest BCUT2D eigenvalue weighted by Gasteiger charge is -2.10. The smallest absolute Gasteiger partial charge is 0.480 e. The van der Waals surface area contributed by atoms with E-state index in [9.17, 15) is 26.4 Å². The van der Waals surface area contributed by atoms with Crippen molar-refractivity contribution in [1.82, 2.24) is 4.72 Å². The Morgan fingerprint density at radius 3 is 2.53 bits per heavy atom. The third-order valence-electron chi connectivity index (χ3n) is 1.76. The van der Waals surface area contributed by atoms with Gasteiger partial charge in [-0.3, -0.25) is 4.79 Å². The number of ether oxygens (including phenoxy) is 1. The van der Waals surface area contributed by atoms with E-state index in [0.717, 1.165) is 18.2 Å². The Balaban J connectivity index is 2.95. The monoisotopic (exact) mass is 299 g/mol. The fourth-order valence-electron chi connectivity index (χ4n) is 1.08. The predicted octanol–water partition coefficient (Wildman–Crippen LogP) is 0.948. The highest BCUT2D eigenvalue weighted by molar-refractivity contribution is 7.89. The van der Waals surface area contributed by atoms with Crippen molar-refractivity contribution in [1.29, 1.82) is 0 Å². The Hall–Kier alpha value is -1.81. The van der Waals surface area contributed by atoms with Crippen LogP contribution in [0, 0.1) is 0 Å². The van der Waals surface area contributed by atoms with Crippen molar-refractivity contribution >= 4 is 16.0 Å². The second-order valence-electron chi connectivity index (χ2n) is 3.24. The molecule has 0 spiro atoms. The molecule has 1 aromatic rings.